The van der Waals surface area contributed by atoms with E-state index in [9.17, 15) is 13.2 Å². The fourth-order valence-corrected chi connectivity index (χ4v) is 3.92. The number of nitrogens with zero attached hydrogens (tertiary/aromatic N) is 2. The Hall–Kier alpha value is -1.78. The predicted molar refractivity (Wildman–Crippen MR) is 75.8 cm³/mol. The molecule has 0 spiro atoms. The number of carboxylic acid groups (broad SMARTS) is 1. The van der Waals surface area contributed by atoms with E-state index >= 15 is 0 Å². The fourth-order valence-electron chi connectivity index (χ4n) is 1.71. The van der Waals surface area contributed by atoms with E-state index in [0.717, 1.165) is 11.3 Å². The number of hydrogen-bond acceptors (Lipinski definition) is 6. The maximum absolute atomic E-state index is 12.2. The molecule has 8 nitrogen and oxygen atoms in total. The number of nitrogens with one attached hydrogen (secondary N) is 2. The van der Waals surface area contributed by atoms with Gasteiger partial charge >= 0.3 is 5.97 Å². The number of H-pyrrole nitrogens is 1. The molecule has 0 amide bonds. The van der Waals surface area contributed by atoms with Gasteiger partial charge in [0.2, 0.25) is 10.0 Å². The van der Waals surface area contributed by atoms with Crippen molar-refractivity contribution >= 4 is 27.3 Å². The lowest BCUT2D eigenvalue weighted by atomic mass is 10.4. The van der Waals surface area contributed by atoms with Crippen molar-refractivity contribution in [3.05, 3.63) is 27.5 Å². The van der Waals surface area contributed by atoms with Crippen LogP contribution in [0.4, 0.5) is 0 Å². The summed E-state index contributed by atoms with van der Waals surface area (Å²) in [4.78, 5) is 15.8. The lowest BCUT2D eigenvalue weighted by Gasteiger charge is -2.05. The van der Waals surface area contributed by atoms with Gasteiger partial charge in [-0.3, -0.25) is 5.10 Å². The number of carbonyl (C=O) groups is 1. The molecule has 0 aliphatic rings. The molecule has 3 N–H and O–H groups in total. The summed E-state index contributed by atoms with van der Waals surface area (Å²) in [6, 6.07) is 0. The highest BCUT2D eigenvalue weighted by molar-refractivity contribution is 7.89. The van der Waals surface area contributed by atoms with Crippen LogP contribution < -0.4 is 4.72 Å². The molecule has 114 valence electrons. The first-order valence-corrected chi connectivity index (χ1v) is 8.36. The first-order chi connectivity index (χ1) is 9.85. The van der Waals surface area contributed by atoms with E-state index in [-0.39, 0.29) is 17.1 Å². The summed E-state index contributed by atoms with van der Waals surface area (Å²) >= 11 is 1.41. The second-order valence-electron chi connectivity index (χ2n) is 4.23. The molecule has 0 saturated heterocycles. The Kier molecular flexibility index (Phi) is 4.40. The van der Waals surface area contributed by atoms with E-state index in [1.807, 2.05) is 6.92 Å². The van der Waals surface area contributed by atoms with Crippen molar-refractivity contribution in [1.82, 2.24) is 19.9 Å². The third-order valence-corrected chi connectivity index (χ3v) is 5.43. The zero-order valence-electron chi connectivity index (χ0n) is 11.4. The average molecular weight is 330 g/mol. The maximum atomic E-state index is 12.2. The number of carboxylic acids is 1. The summed E-state index contributed by atoms with van der Waals surface area (Å²) < 4.78 is 26.8. The van der Waals surface area contributed by atoms with Crippen LogP contribution in [0.5, 0.6) is 0 Å². The molecule has 0 unspecified atom stereocenters. The van der Waals surface area contributed by atoms with Gasteiger partial charge in [0, 0.05) is 11.1 Å². The largest absolute Gasteiger partial charge is 0.476 e. The second kappa shape index (κ2) is 5.92. The molecule has 0 atom stereocenters. The maximum Gasteiger partial charge on any atom is 0.357 e. The van der Waals surface area contributed by atoms with Crippen LogP contribution in [0, 0.1) is 6.92 Å². The third-order valence-electron chi connectivity index (χ3n) is 2.73. The zero-order valence-corrected chi connectivity index (χ0v) is 13.0. The van der Waals surface area contributed by atoms with Crippen molar-refractivity contribution in [3.63, 3.8) is 0 Å². The van der Waals surface area contributed by atoms with E-state index in [4.69, 9.17) is 5.11 Å². The number of hydrogen-bond donors (Lipinski definition) is 3. The summed E-state index contributed by atoms with van der Waals surface area (Å²) in [5.74, 6) is -1.40. The summed E-state index contributed by atoms with van der Waals surface area (Å²) in [7, 11) is -3.98. The monoisotopic (exact) mass is 330 g/mol. The minimum Gasteiger partial charge on any atom is -0.476 e. The van der Waals surface area contributed by atoms with Crippen LogP contribution in [-0.4, -0.2) is 34.7 Å². The number of aromatic nitrogens is 3. The SMILES string of the molecule is CCc1cnc(CNS(=O)(=O)c2c(C(=O)O)n[nH]c2C)s1. The first kappa shape index (κ1) is 15.6. The molecular weight excluding hydrogens is 316 g/mol. The van der Waals surface area contributed by atoms with Crippen LogP contribution in [0.1, 0.15) is 33.0 Å². The molecule has 2 rings (SSSR count). The van der Waals surface area contributed by atoms with Crippen LogP contribution in [0.3, 0.4) is 0 Å². The van der Waals surface area contributed by atoms with Gasteiger partial charge < -0.3 is 5.11 Å². The average Bonchev–Trinajstić information content (AvgIpc) is 3.02. The molecule has 0 radical (unpaired) electrons. The van der Waals surface area contributed by atoms with Crippen LogP contribution >= 0.6 is 11.3 Å². The number of rotatable bonds is 6. The summed E-state index contributed by atoms with van der Waals surface area (Å²) in [6.45, 7) is 3.44. The lowest BCUT2D eigenvalue weighted by Crippen LogP contribution is -2.25. The van der Waals surface area contributed by atoms with E-state index in [2.05, 4.69) is 19.9 Å². The molecule has 0 aliphatic carbocycles. The van der Waals surface area contributed by atoms with Gasteiger partial charge in [0.15, 0.2) is 5.69 Å². The minimum atomic E-state index is -3.98. The molecule has 0 saturated carbocycles. The predicted octanol–water partition coefficient (Wildman–Crippen LogP) is 0.914. The van der Waals surface area contributed by atoms with Gasteiger partial charge in [-0.2, -0.15) is 5.10 Å². The van der Waals surface area contributed by atoms with Gasteiger partial charge in [-0.25, -0.2) is 22.9 Å². The quantitative estimate of drug-likeness (QED) is 0.723. The summed E-state index contributed by atoms with van der Waals surface area (Å²) in [5, 5.41) is 15.5. The van der Waals surface area contributed by atoms with Crippen molar-refractivity contribution in [2.75, 3.05) is 0 Å². The normalized spacial score (nSPS) is 11.7. The first-order valence-electron chi connectivity index (χ1n) is 6.06. The molecule has 2 aromatic heterocycles. The molecule has 10 heteroatoms. The van der Waals surface area contributed by atoms with Gasteiger partial charge in [-0.1, -0.05) is 6.92 Å². The van der Waals surface area contributed by atoms with Crippen LogP contribution in [0.25, 0.3) is 0 Å². The van der Waals surface area contributed by atoms with Crippen molar-refractivity contribution < 1.29 is 18.3 Å². The Labute approximate surface area is 125 Å². The lowest BCUT2D eigenvalue weighted by molar-refractivity contribution is 0.0686. The second-order valence-corrected chi connectivity index (χ2v) is 7.13. The molecule has 2 aromatic rings. The summed E-state index contributed by atoms with van der Waals surface area (Å²) in [6.07, 6.45) is 2.52. The molecule has 21 heavy (non-hydrogen) atoms. The molecule has 0 aliphatic heterocycles. The fraction of sp³-hybridized carbons (Fsp3) is 0.364. The number of aryl methyl sites for hydroxylation is 2. The standard InChI is InChI=1S/C11H14N4O4S2/c1-3-7-4-12-8(20-7)5-13-21(18,19)10-6(2)14-15-9(10)11(16)17/h4,13H,3,5H2,1-2H3,(H,14,15)(H,16,17). The van der Waals surface area contributed by atoms with Gasteiger partial charge in [-0.15, -0.1) is 11.3 Å². The molecule has 2 heterocycles. The zero-order chi connectivity index (χ0) is 15.6. The Morgan fingerprint density at radius 2 is 2.24 bits per heavy atom. The van der Waals surface area contributed by atoms with Gasteiger partial charge in [-0.05, 0) is 13.3 Å². The Bertz CT molecular complexity index is 763. The molecule has 0 aromatic carbocycles. The topological polar surface area (TPSA) is 125 Å². The highest BCUT2D eigenvalue weighted by atomic mass is 32.2. The van der Waals surface area contributed by atoms with Crippen molar-refractivity contribution in [2.45, 2.75) is 31.7 Å². The van der Waals surface area contributed by atoms with E-state index < -0.39 is 21.7 Å². The van der Waals surface area contributed by atoms with Crippen LogP contribution in [-0.2, 0) is 23.0 Å². The van der Waals surface area contributed by atoms with Gasteiger partial charge in [0.25, 0.3) is 0 Å². The van der Waals surface area contributed by atoms with E-state index in [0.29, 0.717) is 5.01 Å². The van der Waals surface area contributed by atoms with Crippen molar-refractivity contribution in [1.29, 1.82) is 0 Å². The third kappa shape index (κ3) is 3.28. The summed E-state index contributed by atoms with van der Waals surface area (Å²) in [5.41, 5.74) is -0.346. The highest BCUT2D eigenvalue weighted by Crippen LogP contribution is 2.19. The van der Waals surface area contributed by atoms with E-state index in [1.165, 1.54) is 18.3 Å². The van der Waals surface area contributed by atoms with Crippen molar-refractivity contribution in [2.24, 2.45) is 0 Å². The number of aromatic carboxylic acids is 1. The number of thiazole rings is 1. The van der Waals surface area contributed by atoms with Gasteiger partial charge in [0.05, 0.1) is 12.2 Å². The number of aromatic amines is 1. The van der Waals surface area contributed by atoms with Gasteiger partial charge in [0.1, 0.15) is 9.90 Å². The Morgan fingerprint density at radius 1 is 1.52 bits per heavy atom. The van der Waals surface area contributed by atoms with Crippen LogP contribution in [0.2, 0.25) is 0 Å². The molecular formula is C11H14N4O4S2. The molecule has 0 bridgehead atoms. The van der Waals surface area contributed by atoms with Crippen molar-refractivity contribution in [3.8, 4) is 0 Å². The minimum absolute atomic E-state index is 0.0106. The Morgan fingerprint density at radius 3 is 2.81 bits per heavy atom. The number of sulfonamides is 1. The smallest absolute Gasteiger partial charge is 0.357 e. The van der Waals surface area contributed by atoms with E-state index in [1.54, 1.807) is 6.20 Å². The Balaban J connectivity index is 2.22. The van der Waals surface area contributed by atoms with Crippen LogP contribution in [0.15, 0.2) is 11.1 Å². The molecule has 0 fully saturated rings. The highest BCUT2D eigenvalue weighted by Gasteiger charge is 2.28.